The van der Waals surface area contributed by atoms with Crippen LogP contribution < -0.4 is 0 Å². The molecule has 0 aromatic heterocycles. The smallest absolute Gasteiger partial charge is 0.228 e. The lowest BCUT2D eigenvalue weighted by atomic mass is 10.4. The molecule has 0 rings (SSSR count). The second-order valence-electron chi connectivity index (χ2n) is 2.76. The van der Waals surface area contributed by atoms with Gasteiger partial charge < -0.3 is 14.4 Å². The van der Waals surface area contributed by atoms with Gasteiger partial charge in [0.25, 0.3) is 0 Å². The Morgan fingerprint density at radius 3 is 2.27 bits per heavy atom. The highest BCUT2D eigenvalue weighted by atomic mass is 16.5. The molecule has 0 saturated heterocycles. The van der Waals surface area contributed by atoms with Gasteiger partial charge in [0.2, 0.25) is 5.91 Å². The van der Waals surface area contributed by atoms with E-state index in [2.05, 4.69) is 10.0 Å². The number of azide groups is 1. The number of carbonyl (C=O) groups is 1. The predicted octanol–water partition coefficient (Wildman–Crippen LogP) is 0.418. The van der Waals surface area contributed by atoms with Crippen LogP contribution in [0.1, 0.15) is 0 Å². The summed E-state index contributed by atoms with van der Waals surface area (Å²) < 4.78 is 9.74. The summed E-state index contributed by atoms with van der Waals surface area (Å²) in [6.45, 7) is 1.68. The van der Waals surface area contributed by atoms with E-state index in [4.69, 9.17) is 15.0 Å². The zero-order valence-electron chi connectivity index (χ0n) is 9.05. The second kappa shape index (κ2) is 9.26. The van der Waals surface area contributed by atoms with E-state index in [-0.39, 0.29) is 12.5 Å². The number of amides is 1. The molecule has 0 bridgehead atoms. The summed E-state index contributed by atoms with van der Waals surface area (Å²) in [5, 5.41) is 3.22. The molecule has 0 unspecified atom stereocenters. The number of hydrogen-bond donors (Lipinski definition) is 0. The van der Waals surface area contributed by atoms with Crippen LogP contribution in [0.4, 0.5) is 0 Å². The Morgan fingerprint density at radius 1 is 1.33 bits per heavy atom. The van der Waals surface area contributed by atoms with Crippen molar-refractivity contribution in [2.75, 3.05) is 47.1 Å². The molecular weight excluding hydrogens is 200 g/mol. The number of rotatable bonds is 8. The van der Waals surface area contributed by atoms with Crippen LogP contribution in [0.5, 0.6) is 0 Å². The molecule has 0 atom stereocenters. The summed E-state index contributed by atoms with van der Waals surface area (Å²) >= 11 is 0. The number of hydrogen-bond acceptors (Lipinski definition) is 4. The number of methoxy groups -OCH3 is 2. The maximum absolute atomic E-state index is 11.5. The quantitative estimate of drug-likeness (QED) is 0.334. The van der Waals surface area contributed by atoms with E-state index in [1.54, 1.807) is 19.1 Å². The van der Waals surface area contributed by atoms with Crippen molar-refractivity contribution in [2.24, 2.45) is 5.11 Å². The molecule has 7 nitrogen and oxygen atoms in total. The van der Waals surface area contributed by atoms with Crippen LogP contribution in [0.25, 0.3) is 10.4 Å². The van der Waals surface area contributed by atoms with Gasteiger partial charge in [-0.15, -0.1) is 0 Å². The monoisotopic (exact) mass is 216 g/mol. The lowest BCUT2D eigenvalue weighted by Gasteiger charge is -2.21. The molecule has 7 heteroatoms. The molecule has 0 heterocycles. The Morgan fingerprint density at radius 2 is 1.87 bits per heavy atom. The Hall–Kier alpha value is -1.30. The first-order valence-corrected chi connectivity index (χ1v) is 4.52. The largest absolute Gasteiger partial charge is 0.383 e. The van der Waals surface area contributed by atoms with Gasteiger partial charge in [-0.1, -0.05) is 5.11 Å². The molecule has 1 amide bonds. The zero-order valence-corrected chi connectivity index (χ0v) is 9.05. The van der Waals surface area contributed by atoms with Gasteiger partial charge in [-0.3, -0.25) is 4.79 Å². The fraction of sp³-hybridized carbons (Fsp3) is 0.875. The summed E-state index contributed by atoms with van der Waals surface area (Å²) in [5.41, 5.74) is 8.09. The molecule has 0 aliphatic heterocycles. The topological polar surface area (TPSA) is 87.5 Å². The first-order valence-electron chi connectivity index (χ1n) is 4.52. The molecule has 0 aromatic rings. The molecule has 0 aromatic carbocycles. The molecule has 15 heavy (non-hydrogen) atoms. The van der Waals surface area contributed by atoms with Gasteiger partial charge in [0.15, 0.2) is 0 Å². The summed E-state index contributed by atoms with van der Waals surface area (Å²) in [7, 11) is 3.12. The molecular formula is C8H16N4O3. The second-order valence-corrected chi connectivity index (χ2v) is 2.76. The first-order chi connectivity index (χ1) is 7.26. The summed E-state index contributed by atoms with van der Waals surface area (Å²) in [4.78, 5) is 15.5. The molecule has 0 aliphatic rings. The fourth-order valence-corrected chi connectivity index (χ4v) is 0.956. The van der Waals surface area contributed by atoms with Crippen LogP contribution in [0.15, 0.2) is 5.11 Å². The molecule has 0 aliphatic carbocycles. The van der Waals surface area contributed by atoms with Crippen LogP contribution >= 0.6 is 0 Å². The SMILES string of the molecule is COCCN(CCOC)C(=O)CN=[N+]=[N-]. The highest BCUT2D eigenvalue weighted by Crippen LogP contribution is 1.92. The predicted molar refractivity (Wildman–Crippen MR) is 54.3 cm³/mol. The van der Waals surface area contributed by atoms with Gasteiger partial charge in [0.1, 0.15) is 6.54 Å². The average Bonchev–Trinajstić information content (AvgIpc) is 2.26. The summed E-state index contributed by atoms with van der Waals surface area (Å²) in [6, 6.07) is 0. The van der Waals surface area contributed by atoms with Crippen molar-refractivity contribution in [3.05, 3.63) is 10.4 Å². The minimum absolute atomic E-state index is 0.163. The minimum Gasteiger partial charge on any atom is -0.383 e. The molecule has 0 spiro atoms. The minimum atomic E-state index is -0.220. The lowest BCUT2D eigenvalue weighted by molar-refractivity contribution is -0.130. The van der Waals surface area contributed by atoms with Crippen molar-refractivity contribution >= 4 is 5.91 Å². The van der Waals surface area contributed by atoms with E-state index in [0.29, 0.717) is 26.3 Å². The van der Waals surface area contributed by atoms with Crippen molar-refractivity contribution in [1.82, 2.24) is 4.90 Å². The molecule has 0 N–H and O–H groups in total. The summed E-state index contributed by atoms with van der Waals surface area (Å²) in [5.74, 6) is -0.220. The highest BCUT2D eigenvalue weighted by molar-refractivity contribution is 5.78. The Balaban J connectivity index is 4.06. The third-order valence-corrected chi connectivity index (χ3v) is 1.75. The van der Waals surface area contributed by atoms with E-state index in [1.165, 1.54) is 0 Å². The van der Waals surface area contributed by atoms with Crippen LogP contribution in [-0.2, 0) is 14.3 Å². The van der Waals surface area contributed by atoms with Crippen molar-refractivity contribution in [3.63, 3.8) is 0 Å². The van der Waals surface area contributed by atoms with Crippen molar-refractivity contribution in [1.29, 1.82) is 0 Å². The van der Waals surface area contributed by atoms with Crippen LogP contribution in [0.2, 0.25) is 0 Å². The fourth-order valence-electron chi connectivity index (χ4n) is 0.956. The molecule has 0 fully saturated rings. The van der Waals surface area contributed by atoms with E-state index in [0.717, 1.165) is 0 Å². The van der Waals surface area contributed by atoms with Gasteiger partial charge in [0.05, 0.1) is 13.2 Å². The first kappa shape index (κ1) is 13.7. The van der Waals surface area contributed by atoms with Crippen LogP contribution in [0, 0.1) is 0 Å². The van der Waals surface area contributed by atoms with E-state index in [9.17, 15) is 4.79 Å². The third-order valence-electron chi connectivity index (χ3n) is 1.75. The lowest BCUT2D eigenvalue weighted by Crippen LogP contribution is -2.37. The Kier molecular flexibility index (Phi) is 8.46. The zero-order chi connectivity index (χ0) is 11.5. The van der Waals surface area contributed by atoms with Crippen LogP contribution in [-0.4, -0.2) is 57.9 Å². The van der Waals surface area contributed by atoms with Crippen molar-refractivity contribution in [2.45, 2.75) is 0 Å². The summed E-state index contributed by atoms with van der Waals surface area (Å²) in [6.07, 6.45) is 0. The maximum Gasteiger partial charge on any atom is 0.228 e. The average molecular weight is 216 g/mol. The van der Waals surface area contributed by atoms with E-state index >= 15 is 0 Å². The normalized spacial score (nSPS) is 9.47. The molecule has 0 saturated carbocycles. The van der Waals surface area contributed by atoms with Gasteiger partial charge in [-0.2, -0.15) is 0 Å². The van der Waals surface area contributed by atoms with Gasteiger partial charge >= 0.3 is 0 Å². The van der Waals surface area contributed by atoms with Gasteiger partial charge in [-0.25, -0.2) is 0 Å². The van der Waals surface area contributed by atoms with Gasteiger partial charge in [0, 0.05) is 32.2 Å². The maximum atomic E-state index is 11.5. The number of carbonyl (C=O) groups excluding carboxylic acids is 1. The molecule has 0 radical (unpaired) electrons. The Bertz CT molecular complexity index is 220. The number of nitrogens with zero attached hydrogens (tertiary/aromatic N) is 4. The van der Waals surface area contributed by atoms with Crippen LogP contribution in [0.3, 0.4) is 0 Å². The van der Waals surface area contributed by atoms with Gasteiger partial charge in [-0.05, 0) is 5.53 Å². The standard InChI is InChI=1S/C8H16N4O3/c1-14-5-3-12(4-6-15-2)8(13)7-10-11-9/h3-7H2,1-2H3. The number of ether oxygens (including phenoxy) is 2. The van der Waals surface area contributed by atoms with E-state index in [1.807, 2.05) is 0 Å². The third kappa shape index (κ3) is 6.73. The van der Waals surface area contributed by atoms with E-state index < -0.39 is 0 Å². The van der Waals surface area contributed by atoms with Crippen molar-refractivity contribution in [3.8, 4) is 0 Å². The van der Waals surface area contributed by atoms with Crippen molar-refractivity contribution < 1.29 is 14.3 Å². The highest BCUT2D eigenvalue weighted by Gasteiger charge is 2.11. The molecule has 86 valence electrons. The Labute approximate surface area is 88.6 Å².